The topological polar surface area (TPSA) is 248 Å². The zero-order chi connectivity index (χ0) is 54.4. The highest BCUT2D eigenvalue weighted by Crippen LogP contribution is 2.58. The number of esters is 1. The van der Waals surface area contributed by atoms with Crippen LogP contribution in [-0.2, 0) is 77.8 Å². The number of nitriles is 1. The fraction of sp³-hybridized carbons (Fsp3) is 0.469. The van der Waals surface area contributed by atoms with E-state index in [2.05, 4.69) is 19.9 Å². The number of carbonyl (C=O) groups excluding carboxylic acids is 2. The molecule has 408 valence electrons. The number of rotatable bonds is 12. The van der Waals surface area contributed by atoms with Crippen LogP contribution in [0, 0.1) is 11.3 Å². The van der Waals surface area contributed by atoms with E-state index in [-0.39, 0.29) is 53.9 Å². The van der Waals surface area contributed by atoms with Gasteiger partial charge in [-0.3, -0.25) is 32.7 Å². The van der Waals surface area contributed by atoms with Gasteiger partial charge in [-0.1, -0.05) is 57.2 Å². The smallest absolute Gasteiger partial charge is 0.338 e. The molecule has 22 nitrogen and oxygen atoms in total. The maximum Gasteiger partial charge on any atom is 0.338 e. The van der Waals surface area contributed by atoms with E-state index in [1.54, 1.807) is 65.7 Å². The Balaban J connectivity index is 0.981. The minimum atomic E-state index is -4.42. The van der Waals surface area contributed by atoms with Crippen molar-refractivity contribution in [3.8, 4) is 6.07 Å². The van der Waals surface area contributed by atoms with Crippen LogP contribution in [0.15, 0.2) is 90.6 Å². The molecule has 77 heavy (non-hydrogen) atoms. The summed E-state index contributed by atoms with van der Waals surface area (Å²) in [7, 11) is -2.80. The number of halogens is 1. The summed E-state index contributed by atoms with van der Waals surface area (Å²) in [4.78, 5) is 72.1. The Labute approximate surface area is 452 Å². The summed E-state index contributed by atoms with van der Waals surface area (Å²) in [5, 5.41) is 9.79. The molecule has 4 aromatic heterocycles. The van der Waals surface area contributed by atoms with Crippen molar-refractivity contribution in [3.05, 3.63) is 113 Å². The Hall–Kier alpha value is -5.07. The molecule has 2 unspecified atom stereocenters. The Morgan fingerprint density at radius 2 is 1.61 bits per heavy atom. The fourth-order valence-corrected chi connectivity index (χ4v) is 14.2. The number of alkyl halides is 1. The number of aromatic nitrogens is 7. The molecule has 2 aromatic carbocycles. The molecule has 8 heterocycles. The monoisotopic (exact) mass is 1150 g/mol. The van der Waals surface area contributed by atoms with E-state index in [9.17, 15) is 24.5 Å². The highest BCUT2D eigenvalue weighted by atomic mass is 32.5. The fourth-order valence-electron chi connectivity index (χ4n) is 9.37. The van der Waals surface area contributed by atoms with E-state index in [1.807, 2.05) is 46.0 Å². The number of aryl methyl sites for hydroxylation is 1. The lowest BCUT2D eigenvalue weighted by molar-refractivity contribution is -0.0615. The maximum absolute atomic E-state index is 17.5. The molecule has 0 radical (unpaired) electrons. The van der Waals surface area contributed by atoms with Crippen molar-refractivity contribution < 1.29 is 60.1 Å². The van der Waals surface area contributed by atoms with Gasteiger partial charge in [-0.15, -0.1) is 0 Å². The lowest BCUT2D eigenvalue weighted by Gasteiger charge is -2.41. The second-order valence-electron chi connectivity index (χ2n) is 20.3. The normalized spacial score (nSPS) is 28.0. The summed E-state index contributed by atoms with van der Waals surface area (Å²) in [6.45, 7) is 0.591. The van der Waals surface area contributed by atoms with Crippen LogP contribution < -0.4 is 10.5 Å². The van der Waals surface area contributed by atoms with Crippen LogP contribution in [0.5, 0.6) is 0 Å². The van der Waals surface area contributed by atoms with Gasteiger partial charge < -0.3 is 41.7 Å². The number of ether oxygens (including phenoxy) is 3. The third kappa shape index (κ3) is 11.3. The summed E-state index contributed by atoms with van der Waals surface area (Å²) in [5.74, 6) is -0.449. The van der Waals surface area contributed by atoms with Crippen molar-refractivity contribution in [2.75, 3.05) is 37.9 Å². The number of anilines is 1. The van der Waals surface area contributed by atoms with Gasteiger partial charge in [-0.05, 0) is 84.4 Å². The first-order valence-electron chi connectivity index (χ1n) is 24.8. The van der Waals surface area contributed by atoms with E-state index >= 15 is 4.39 Å². The summed E-state index contributed by atoms with van der Waals surface area (Å²) in [6.07, 6.45) is -4.53. The first-order chi connectivity index (χ1) is 36.8. The van der Waals surface area contributed by atoms with Crippen molar-refractivity contribution in [1.82, 2.24) is 33.6 Å². The number of imidazole rings is 1. The lowest BCUT2D eigenvalue weighted by Crippen LogP contribution is -2.50. The van der Waals surface area contributed by atoms with Crippen LogP contribution in [0.3, 0.4) is 0 Å². The van der Waals surface area contributed by atoms with Crippen LogP contribution in [0.25, 0.3) is 22.2 Å². The van der Waals surface area contributed by atoms with E-state index in [1.165, 1.54) is 32.7 Å². The van der Waals surface area contributed by atoms with Crippen LogP contribution in [0.1, 0.15) is 72.3 Å². The van der Waals surface area contributed by atoms with Gasteiger partial charge in [0, 0.05) is 18.3 Å². The molecule has 3 fully saturated rings. The molecule has 0 spiro atoms. The average molecular weight is 1150 g/mol. The summed E-state index contributed by atoms with van der Waals surface area (Å²) in [5.41, 5.74) is 1.35. The number of nitrogens with zero attached hydrogens (tertiary/aromatic N) is 9. The largest absolute Gasteiger partial charge is 0.460 e. The number of fused-ring (bicyclic) bond motifs is 4. The highest BCUT2D eigenvalue weighted by molar-refractivity contribution is 8.07. The van der Waals surface area contributed by atoms with Crippen molar-refractivity contribution in [2.24, 2.45) is 0 Å². The molecule has 4 aliphatic heterocycles. The molecular formula is C49H56FN9O13P2S2Si. The van der Waals surface area contributed by atoms with Gasteiger partial charge in [0.05, 0.1) is 56.1 Å². The number of amides is 1. The summed E-state index contributed by atoms with van der Waals surface area (Å²) >= 11 is 11.8. The minimum absolute atomic E-state index is 0.0277. The Bertz CT molecular complexity index is 3380. The van der Waals surface area contributed by atoms with Gasteiger partial charge in [-0.25, -0.2) is 29.1 Å². The summed E-state index contributed by atoms with van der Waals surface area (Å²) < 4.78 is 79.2. The third-order valence-electron chi connectivity index (χ3n) is 14.2. The molecule has 28 heteroatoms. The molecule has 6 aromatic rings. The minimum Gasteiger partial charge on any atom is -0.460 e. The van der Waals surface area contributed by atoms with E-state index in [0.717, 1.165) is 5.56 Å². The average Bonchev–Trinajstić information content (AvgIpc) is 4.15. The molecular weight excluding hydrogens is 1100 g/mol. The first-order valence-corrected chi connectivity index (χ1v) is 32.9. The van der Waals surface area contributed by atoms with Gasteiger partial charge >= 0.3 is 19.4 Å². The van der Waals surface area contributed by atoms with Crippen molar-refractivity contribution in [1.29, 1.82) is 5.26 Å². The molecule has 4 aliphatic rings. The van der Waals surface area contributed by atoms with E-state index < -0.39 is 95.6 Å². The predicted octanol–water partition coefficient (Wildman–Crippen LogP) is 7.20. The molecule has 10 atom stereocenters. The second kappa shape index (κ2) is 22.2. The zero-order valence-electron chi connectivity index (χ0n) is 42.5. The molecule has 1 N–H and O–H groups in total. The van der Waals surface area contributed by atoms with E-state index in [0.29, 0.717) is 41.7 Å². The first kappa shape index (κ1) is 55.2. The van der Waals surface area contributed by atoms with Crippen LogP contribution in [0.2, 0.25) is 18.1 Å². The molecule has 1 amide bonds. The van der Waals surface area contributed by atoms with Gasteiger partial charge in [0.2, 0.25) is 0 Å². The number of hydrogen-bond donors (Lipinski definition) is 1. The van der Waals surface area contributed by atoms with Gasteiger partial charge in [-0.2, -0.15) is 5.26 Å². The van der Waals surface area contributed by atoms with Crippen LogP contribution >= 0.6 is 13.4 Å². The zero-order valence-corrected chi connectivity index (χ0v) is 46.9. The molecule has 2 bridgehead atoms. The van der Waals surface area contributed by atoms with Crippen LogP contribution in [-0.4, -0.2) is 128 Å². The number of carbonyl (C=O) groups is 2. The molecule has 0 saturated carbocycles. The van der Waals surface area contributed by atoms with Crippen molar-refractivity contribution >= 4 is 85.3 Å². The van der Waals surface area contributed by atoms with Gasteiger partial charge in [0.25, 0.3) is 11.5 Å². The Morgan fingerprint density at radius 1 is 0.896 bits per heavy atom. The van der Waals surface area contributed by atoms with Gasteiger partial charge in [0.15, 0.2) is 38.1 Å². The standard InChI is InChI=1S/C49H56FN9O13P2S2Si/c1-49(2,3)77(4,5)72-39-34-25-66-73(63,75)70-38-33(68-46(36(38)50)58-24-32-18-12-20-57(41-35(32)42(58)53-27-52-41)44(60)30-14-8-6-9-15-30)26-67-74(76,65-22-13-19-51)71-40(39)47(69-34)59-29-54-37-43(59)55-28-56(45(37)61)21-23-64-48(62)31-16-10-7-11-17-31/h6-11,14-17,24,27-29,33-34,36,38-40,46-47H,12-13,18,20-23,25-26H2,1-5H3,(H,63,75)/t33-,34-,36-,38-,39-,40-,46-,47-,73?,74?/m1/s1. The molecule has 10 rings (SSSR count). The molecule has 3 saturated heterocycles. The molecule has 0 aliphatic carbocycles. The quantitative estimate of drug-likeness (QED) is 0.0550. The Morgan fingerprint density at radius 3 is 2.34 bits per heavy atom. The number of hydrogen-bond acceptors (Lipinski definition) is 19. The third-order valence-corrected chi connectivity index (χ3v) is 22.6. The van der Waals surface area contributed by atoms with Crippen molar-refractivity contribution in [3.63, 3.8) is 0 Å². The lowest BCUT2D eigenvalue weighted by atomic mass is 10.1. The second-order valence-corrected chi connectivity index (χ2v) is 30.8. The summed E-state index contributed by atoms with van der Waals surface area (Å²) in [6, 6.07) is 19.3. The van der Waals surface area contributed by atoms with Crippen molar-refractivity contribution in [2.45, 2.75) is 114 Å². The SMILES string of the molecule is CC(C)(C)[Si](C)(C)O[C@H]1[C@H]2OP(=S)(OCCC#N)OC[C@H]3O[C@@H](n4cc5c6c(ncnc64)N(C(=O)c4ccccc4)CCC5)[C@H](F)[C@@H]3OP(O)(=S)OC[C@H]1O[C@H]2n1cnc2c(=O)n(CCOC(=O)c3ccccc3)cnc21. The van der Waals surface area contributed by atoms with E-state index in [4.69, 9.17) is 64.9 Å². The van der Waals surface area contributed by atoms with Gasteiger partial charge in [0.1, 0.15) is 61.2 Å². The Kier molecular flexibility index (Phi) is 15.9. The predicted molar refractivity (Wildman–Crippen MR) is 286 cm³/mol. The highest BCUT2D eigenvalue weighted by Gasteiger charge is 2.56. The van der Waals surface area contributed by atoms with Crippen LogP contribution in [0.4, 0.5) is 10.2 Å². The number of benzene rings is 2. The maximum atomic E-state index is 17.5.